The van der Waals surface area contributed by atoms with Crippen molar-refractivity contribution in [1.82, 2.24) is 30.3 Å². The number of benzene rings is 1. The van der Waals surface area contributed by atoms with Crippen molar-refractivity contribution < 1.29 is 5.11 Å². The molecule has 2 saturated heterocycles. The fourth-order valence-electron chi connectivity index (χ4n) is 7.34. The third-order valence-corrected chi connectivity index (χ3v) is 9.10. The summed E-state index contributed by atoms with van der Waals surface area (Å²) in [6, 6.07) is 11.3. The van der Waals surface area contributed by atoms with Gasteiger partial charge in [0.25, 0.3) is 0 Å². The van der Waals surface area contributed by atoms with Gasteiger partial charge in [-0.05, 0) is 74.9 Å². The SMILES string of the molecule is C[C@@H]1c2c([nH]c3nnc(-c4ccccc4O)cc23)CCN1C1CC2(C1)CN(C1CCNCC1)C2. The van der Waals surface area contributed by atoms with E-state index in [1.165, 1.54) is 63.1 Å². The van der Waals surface area contributed by atoms with Crippen molar-refractivity contribution in [1.29, 1.82) is 0 Å². The molecule has 7 rings (SSSR count). The Hall–Kier alpha value is -2.48. The molecule has 2 aromatic heterocycles. The highest BCUT2D eigenvalue weighted by atomic mass is 16.3. The minimum absolute atomic E-state index is 0.244. The minimum atomic E-state index is 0.244. The van der Waals surface area contributed by atoms with Crippen LogP contribution < -0.4 is 5.32 Å². The number of likely N-dealkylation sites (tertiary alicyclic amines) is 1. The first-order valence-corrected chi connectivity index (χ1v) is 13.0. The smallest absolute Gasteiger partial charge is 0.160 e. The first-order chi connectivity index (χ1) is 16.6. The summed E-state index contributed by atoms with van der Waals surface area (Å²) in [5.41, 5.74) is 5.58. The number of para-hydroxylation sites is 1. The van der Waals surface area contributed by atoms with E-state index in [1.54, 1.807) is 6.07 Å². The fraction of sp³-hybridized carbons (Fsp3) is 0.556. The third-order valence-electron chi connectivity index (χ3n) is 9.10. The molecule has 0 amide bonds. The number of rotatable bonds is 3. The second-order valence-corrected chi connectivity index (χ2v) is 11.1. The van der Waals surface area contributed by atoms with Crippen LogP contribution >= 0.6 is 0 Å². The van der Waals surface area contributed by atoms with E-state index in [0.717, 1.165) is 41.3 Å². The van der Waals surface area contributed by atoms with Crippen molar-refractivity contribution in [3.8, 4) is 17.0 Å². The summed E-state index contributed by atoms with van der Waals surface area (Å²) in [5.74, 6) is 0.244. The topological polar surface area (TPSA) is 80.3 Å². The molecular weight excluding hydrogens is 424 g/mol. The van der Waals surface area contributed by atoms with Crippen molar-refractivity contribution in [2.24, 2.45) is 5.41 Å². The zero-order valence-corrected chi connectivity index (χ0v) is 19.9. The number of aromatic amines is 1. The lowest BCUT2D eigenvalue weighted by molar-refractivity contribution is -0.134. The van der Waals surface area contributed by atoms with Gasteiger partial charge in [-0.3, -0.25) is 9.80 Å². The van der Waals surface area contributed by atoms with Crippen LogP contribution in [0.5, 0.6) is 5.75 Å². The van der Waals surface area contributed by atoms with E-state index in [-0.39, 0.29) is 5.75 Å². The zero-order valence-electron chi connectivity index (χ0n) is 19.9. The molecule has 0 unspecified atom stereocenters. The van der Waals surface area contributed by atoms with Gasteiger partial charge in [-0.25, -0.2) is 0 Å². The number of piperidine rings is 1. The second-order valence-electron chi connectivity index (χ2n) is 11.1. The highest BCUT2D eigenvalue weighted by Crippen LogP contribution is 2.53. The summed E-state index contributed by atoms with van der Waals surface area (Å²) in [7, 11) is 0. The Bertz CT molecular complexity index is 1220. The fourth-order valence-corrected chi connectivity index (χ4v) is 7.34. The van der Waals surface area contributed by atoms with Crippen molar-refractivity contribution >= 4 is 11.0 Å². The predicted octanol–water partition coefficient (Wildman–Crippen LogP) is 3.47. The standard InChI is InChI=1S/C27H34N6O/c1-17-25-21-12-23(20-4-2-3-5-24(20)34)30-31-26(21)29-22(25)8-11-33(17)19-13-27(14-19)15-32(16-27)18-6-9-28-10-7-18/h2-5,12,17-19,28,34H,6-11,13-16H2,1H3,(H,29,31)/t17-/m1/s1. The highest BCUT2D eigenvalue weighted by Gasteiger charge is 2.55. The first-order valence-electron chi connectivity index (χ1n) is 13.0. The maximum absolute atomic E-state index is 10.3. The molecule has 3 aromatic rings. The van der Waals surface area contributed by atoms with Crippen molar-refractivity contribution in [3.63, 3.8) is 0 Å². The molecule has 5 heterocycles. The Balaban J connectivity index is 1.09. The van der Waals surface area contributed by atoms with Crippen LogP contribution in [0.3, 0.4) is 0 Å². The number of nitrogens with zero attached hydrogens (tertiary/aromatic N) is 4. The van der Waals surface area contributed by atoms with Gasteiger partial charge < -0.3 is 15.4 Å². The summed E-state index contributed by atoms with van der Waals surface area (Å²) in [6.45, 7) is 8.47. The Labute approximate surface area is 200 Å². The van der Waals surface area contributed by atoms with Crippen LogP contribution in [0.25, 0.3) is 22.3 Å². The van der Waals surface area contributed by atoms with Crippen LogP contribution in [-0.4, -0.2) is 74.9 Å². The summed E-state index contributed by atoms with van der Waals surface area (Å²) >= 11 is 0. The molecule has 1 aliphatic carbocycles. The molecule has 1 spiro atoms. The van der Waals surface area contributed by atoms with Crippen LogP contribution in [0.15, 0.2) is 30.3 Å². The van der Waals surface area contributed by atoms with E-state index < -0.39 is 0 Å². The molecule has 1 atom stereocenters. The molecule has 1 aromatic carbocycles. The largest absolute Gasteiger partial charge is 0.507 e. The molecule has 178 valence electrons. The number of nitrogens with one attached hydrogen (secondary N) is 2. The molecular formula is C27H34N6O. The number of hydrogen-bond donors (Lipinski definition) is 3. The highest BCUT2D eigenvalue weighted by molar-refractivity contribution is 5.86. The number of fused-ring (bicyclic) bond motifs is 3. The van der Waals surface area contributed by atoms with Gasteiger partial charge in [0, 0.05) is 60.8 Å². The van der Waals surface area contributed by atoms with Crippen molar-refractivity contribution in [2.75, 3.05) is 32.7 Å². The summed E-state index contributed by atoms with van der Waals surface area (Å²) < 4.78 is 0. The number of aromatic hydroxyl groups is 1. The molecule has 1 saturated carbocycles. The number of phenolic OH excluding ortho intramolecular Hbond substituents is 1. The number of aromatic nitrogens is 3. The number of H-pyrrole nitrogens is 1. The molecule has 4 aliphatic rings. The predicted molar refractivity (Wildman–Crippen MR) is 133 cm³/mol. The van der Waals surface area contributed by atoms with E-state index in [0.29, 0.717) is 17.5 Å². The van der Waals surface area contributed by atoms with E-state index in [4.69, 9.17) is 0 Å². The van der Waals surface area contributed by atoms with Crippen LogP contribution in [-0.2, 0) is 6.42 Å². The first kappa shape index (κ1) is 20.9. The monoisotopic (exact) mass is 458 g/mol. The Kier molecular flexibility index (Phi) is 4.76. The minimum Gasteiger partial charge on any atom is -0.507 e. The van der Waals surface area contributed by atoms with Gasteiger partial charge >= 0.3 is 0 Å². The normalized spacial score (nSPS) is 25.9. The van der Waals surface area contributed by atoms with Crippen LogP contribution in [0.2, 0.25) is 0 Å². The molecule has 7 heteroatoms. The molecule has 0 radical (unpaired) electrons. The lowest BCUT2D eigenvalue weighted by atomic mass is 9.59. The van der Waals surface area contributed by atoms with Gasteiger partial charge in [0.1, 0.15) is 5.75 Å². The average molecular weight is 459 g/mol. The molecule has 7 nitrogen and oxygen atoms in total. The lowest BCUT2D eigenvalue weighted by Gasteiger charge is -2.64. The van der Waals surface area contributed by atoms with Crippen LogP contribution in [0.4, 0.5) is 0 Å². The van der Waals surface area contributed by atoms with Gasteiger partial charge in [-0.15, -0.1) is 10.2 Å². The van der Waals surface area contributed by atoms with Gasteiger partial charge in [0.15, 0.2) is 5.65 Å². The van der Waals surface area contributed by atoms with E-state index in [2.05, 4.69) is 43.3 Å². The van der Waals surface area contributed by atoms with Gasteiger partial charge in [-0.1, -0.05) is 12.1 Å². The Morgan fingerprint density at radius 3 is 2.65 bits per heavy atom. The summed E-state index contributed by atoms with van der Waals surface area (Å²) in [5, 5.41) is 23.9. The van der Waals surface area contributed by atoms with Gasteiger partial charge in [0.2, 0.25) is 0 Å². The molecule has 3 aliphatic heterocycles. The maximum Gasteiger partial charge on any atom is 0.160 e. The van der Waals surface area contributed by atoms with Crippen LogP contribution in [0, 0.1) is 5.41 Å². The Morgan fingerprint density at radius 2 is 1.85 bits per heavy atom. The third kappa shape index (κ3) is 3.21. The second kappa shape index (κ2) is 7.77. The quantitative estimate of drug-likeness (QED) is 0.558. The van der Waals surface area contributed by atoms with Crippen molar-refractivity contribution in [2.45, 2.75) is 57.2 Å². The van der Waals surface area contributed by atoms with E-state index >= 15 is 0 Å². The lowest BCUT2D eigenvalue weighted by Crippen LogP contribution is -2.69. The average Bonchev–Trinajstić information content (AvgIpc) is 3.18. The maximum atomic E-state index is 10.3. The van der Waals surface area contributed by atoms with Gasteiger partial charge in [-0.2, -0.15) is 0 Å². The van der Waals surface area contributed by atoms with Crippen LogP contribution in [0.1, 0.15) is 49.9 Å². The molecule has 0 bridgehead atoms. The molecule has 3 N–H and O–H groups in total. The summed E-state index contributed by atoms with van der Waals surface area (Å²) in [6.07, 6.45) is 6.36. The molecule has 3 fully saturated rings. The molecule has 34 heavy (non-hydrogen) atoms. The van der Waals surface area contributed by atoms with Crippen molar-refractivity contribution in [3.05, 3.63) is 41.6 Å². The number of hydrogen-bond acceptors (Lipinski definition) is 6. The number of phenols is 1. The van der Waals surface area contributed by atoms with Gasteiger partial charge in [0.05, 0.1) is 5.69 Å². The van der Waals surface area contributed by atoms with E-state index in [1.807, 2.05) is 18.2 Å². The Morgan fingerprint density at radius 1 is 1.06 bits per heavy atom. The summed E-state index contributed by atoms with van der Waals surface area (Å²) in [4.78, 5) is 9.04. The van der Waals surface area contributed by atoms with E-state index in [9.17, 15) is 5.11 Å². The zero-order chi connectivity index (χ0) is 22.9.